The van der Waals surface area contributed by atoms with E-state index in [-0.39, 0.29) is 24.5 Å². The number of carbonyl (C=O) groups is 2. The average Bonchev–Trinajstić information content (AvgIpc) is 2.40. The Bertz CT molecular complexity index is 526. The van der Waals surface area contributed by atoms with Gasteiger partial charge < -0.3 is 20.9 Å². The van der Waals surface area contributed by atoms with Crippen molar-refractivity contribution in [2.45, 2.75) is 13.3 Å². The molecule has 0 saturated heterocycles. The Labute approximate surface area is 117 Å². The molecule has 0 atom stereocenters. The fourth-order valence-corrected chi connectivity index (χ4v) is 1.35. The van der Waals surface area contributed by atoms with E-state index in [1.807, 2.05) is 0 Å². The van der Waals surface area contributed by atoms with E-state index >= 15 is 0 Å². The fourth-order valence-electron chi connectivity index (χ4n) is 1.35. The molecule has 0 radical (unpaired) electrons. The molecule has 0 aliphatic heterocycles. The van der Waals surface area contributed by atoms with E-state index in [1.165, 1.54) is 6.07 Å². The second kappa shape index (κ2) is 7.18. The zero-order valence-electron chi connectivity index (χ0n) is 11.3. The summed E-state index contributed by atoms with van der Waals surface area (Å²) >= 11 is 0. The Balaban J connectivity index is 2.36. The lowest BCUT2D eigenvalue weighted by Gasteiger charge is -2.08. The van der Waals surface area contributed by atoms with Crippen molar-refractivity contribution in [2.75, 3.05) is 24.7 Å². The van der Waals surface area contributed by atoms with E-state index < -0.39 is 11.9 Å². The number of ether oxygens (including phenoxy) is 2. The lowest BCUT2D eigenvalue weighted by atomic mass is 10.1. The van der Waals surface area contributed by atoms with Crippen LogP contribution < -0.4 is 11.5 Å². The van der Waals surface area contributed by atoms with Crippen LogP contribution in [0.3, 0.4) is 0 Å². The Morgan fingerprint density at radius 2 is 1.85 bits per heavy atom. The van der Waals surface area contributed by atoms with Crippen molar-refractivity contribution >= 4 is 23.3 Å². The number of hydrogen-bond donors (Lipinski definition) is 2. The highest BCUT2D eigenvalue weighted by atomic mass is 16.5. The van der Waals surface area contributed by atoms with Gasteiger partial charge in [0.2, 0.25) is 0 Å². The van der Waals surface area contributed by atoms with Crippen LogP contribution in [0.1, 0.15) is 23.7 Å². The highest BCUT2D eigenvalue weighted by Gasteiger charge is 2.12. The van der Waals surface area contributed by atoms with Gasteiger partial charge in [-0.25, -0.2) is 9.59 Å². The summed E-state index contributed by atoms with van der Waals surface area (Å²) < 4.78 is 9.88. The minimum absolute atomic E-state index is 0.122. The lowest BCUT2D eigenvalue weighted by Crippen LogP contribution is -2.13. The van der Waals surface area contributed by atoms with Gasteiger partial charge >= 0.3 is 11.9 Å². The number of esters is 2. The van der Waals surface area contributed by atoms with Gasteiger partial charge in [0.05, 0.1) is 30.2 Å². The first-order valence-corrected chi connectivity index (χ1v) is 6.07. The van der Waals surface area contributed by atoms with Gasteiger partial charge in [-0.15, -0.1) is 0 Å². The number of hydrogen-bond acceptors (Lipinski definition) is 6. The van der Waals surface area contributed by atoms with Crippen LogP contribution in [-0.4, -0.2) is 25.2 Å². The number of anilines is 2. The molecule has 0 heterocycles. The van der Waals surface area contributed by atoms with Crippen LogP contribution in [0.15, 0.2) is 30.4 Å². The first kappa shape index (κ1) is 15.6. The Morgan fingerprint density at radius 3 is 2.50 bits per heavy atom. The molecule has 108 valence electrons. The first-order valence-electron chi connectivity index (χ1n) is 6.07. The SMILES string of the molecule is C=C(C)C(=O)OCCCOC(=O)c1cccc(N)c1N. The third-order valence-electron chi connectivity index (χ3n) is 2.46. The summed E-state index contributed by atoms with van der Waals surface area (Å²) in [5, 5.41) is 0. The van der Waals surface area contributed by atoms with E-state index in [1.54, 1.807) is 19.1 Å². The van der Waals surface area contributed by atoms with Gasteiger partial charge in [0.1, 0.15) is 0 Å². The number of carbonyl (C=O) groups excluding carboxylic acids is 2. The molecular formula is C14H18N2O4. The zero-order chi connectivity index (χ0) is 15.1. The summed E-state index contributed by atoms with van der Waals surface area (Å²) in [5.41, 5.74) is 12.4. The molecule has 0 spiro atoms. The molecule has 0 amide bonds. The average molecular weight is 278 g/mol. The van der Waals surface area contributed by atoms with Crippen LogP contribution in [-0.2, 0) is 14.3 Å². The molecule has 6 heteroatoms. The largest absolute Gasteiger partial charge is 0.462 e. The smallest absolute Gasteiger partial charge is 0.340 e. The van der Waals surface area contributed by atoms with Gasteiger partial charge in [-0.1, -0.05) is 12.6 Å². The molecular weight excluding hydrogens is 260 g/mol. The van der Waals surface area contributed by atoms with E-state index in [2.05, 4.69) is 6.58 Å². The molecule has 0 fully saturated rings. The minimum atomic E-state index is -0.555. The lowest BCUT2D eigenvalue weighted by molar-refractivity contribution is -0.139. The fraction of sp³-hybridized carbons (Fsp3) is 0.286. The van der Waals surface area contributed by atoms with Crippen LogP contribution in [0.2, 0.25) is 0 Å². The molecule has 0 aliphatic carbocycles. The van der Waals surface area contributed by atoms with Crippen molar-refractivity contribution in [1.82, 2.24) is 0 Å². The summed E-state index contributed by atoms with van der Waals surface area (Å²) in [6.45, 7) is 5.29. The highest BCUT2D eigenvalue weighted by Crippen LogP contribution is 2.20. The maximum Gasteiger partial charge on any atom is 0.340 e. The zero-order valence-corrected chi connectivity index (χ0v) is 11.3. The molecule has 1 rings (SSSR count). The summed E-state index contributed by atoms with van der Waals surface area (Å²) in [4.78, 5) is 22.8. The van der Waals surface area contributed by atoms with Gasteiger partial charge in [0, 0.05) is 12.0 Å². The predicted molar refractivity (Wildman–Crippen MR) is 75.9 cm³/mol. The summed E-state index contributed by atoms with van der Waals surface area (Å²) in [6, 6.07) is 4.76. The third kappa shape index (κ3) is 4.31. The maximum atomic E-state index is 11.7. The molecule has 0 aliphatic rings. The van der Waals surface area contributed by atoms with Crippen LogP contribution in [0.5, 0.6) is 0 Å². The van der Waals surface area contributed by atoms with Crippen molar-refractivity contribution in [2.24, 2.45) is 0 Å². The number of rotatable bonds is 6. The number of para-hydroxylation sites is 1. The van der Waals surface area contributed by atoms with E-state index in [9.17, 15) is 9.59 Å². The first-order chi connectivity index (χ1) is 9.43. The van der Waals surface area contributed by atoms with Gasteiger partial charge in [-0.3, -0.25) is 0 Å². The molecule has 1 aromatic rings. The van der Waals surface area contributed by atoms with Crippen LogP contribution in [0, 0.1) is 0 Å². The minimum Gasteiger partial charge on any atom is -0.462 e. The van der Waals surface area contributed by atoms with Gasteiger partial charge in [0.15, 0.2) is 0 Å². The molecule has 1 aromatic carbocycles. The maximum absolute atomic E-state index is 11.7. The topological polar surface area (TPSA) is 105 Å². The molecule has 0 aromatic heterocycles. The molecule has 4 N–H and O–H groups in total. The molecule has 0 bridgehead atoms. The standard InChI is InChI=1S/C14H18N2O4/c1-9(2)13(17)19-7-4-8-20-14(18)10-5-3-6-11(15)12(10)16/h3,5-6H,1,4,7-8,15-16H2,2H3. The Kier molecular flexibility index (Phi) is 5.58. The quantitative estimate of drug-likeness (QED) is 0.354. The van der Waals surface area contributed by atoms with E-state index in [4.69, 9.17) is 20.9 Å². The van der Waals surface area contributed by atoms with Crippen molar-refractivity contribution in [3.05, 3.63) is 35.9 Å². The second-order valence-corrected chi connectivity index (χ2v) is 4.21. The normalized spacial score (nSPS) is 9.85. The van der Waals surface area contributed by atoms with Gasteiger partial charge in [-0.2, -0.15) is 0 Å². The molecule has 6 nitrogen and oxygen atoms in total. The number of benzene rings is 1. The summed E-state index contributed by atoms with van der Waals surface area (Å²) in [5.74, 6) is -1.02. The summed E-state index contributed by atoms with van der Waals surface area (Å²) in [7, 11) is 0. The van der Waals surface area contributed by atoms with Crippen molar-refractivity contribution < 1.29 is 19.1 Å². The van der Waals surface area contributed by atoms with Crippen LogP contribution in [0.25, 0.3) is 0 Å². The number of nitrogens with two attached hydrogens (primary N) is 2. The van der Waals surface area contributed by atoms with Gasteiger partial charge in [-0.05, 0) is 19.1 Å². The van der Waals surface area contributed by atoms with Gasteiger partial charge in [0.25, 0.3) is 0 Å². The van der Waals surface area contributed by atoms with Crippen molar-refractivity contribution in [1.29, 1.82) is 0 Å². The van der Waals surface area contributed by atoms with Crippen molar-refractivity contribution in [3.8, 4) is 0 Å². The number of nitrogen functional groups attached to an aromatic ring is 2. The van der Waals surface area contributed by atoms with Crippen molar-refractivity contribution in [3.63, 3.8) is 0 Å². The Hall–Kier alpha value is -2.50. The van der Waals surface area contributed by atoms with E-state index in [0.717, 1.165) is 0 Å². The second-order valence-electron chi connectivity index (χ2n) is 4.21. The highest BCUT2D eigenvalue weighted by molar-refractivity contribution is 5.97. The van der Waals surface area contributed by atoms with E-state index in [0.29, 0.717) is 17.7 Å². The molecule has 0 unspecified atom stereocenters. The molecule has 0 saturated carbocycles. The summed E-state index contributed by atoms with van der Waals surface area (Å²) in [6.07, 6.45) is 0.396. The molecule has 20 heavy (non-hydrogen) atoms. The Morgan fingerprint density at radius 1 is 1.20 bits per heavy atom. The monoisotopic (exact) mass is 278 g/mol. The van der Waals surface area contributed by atoms with Crippen LogP contribution in [0.4, 0.5) is 11.4 Å². The predicted octanol–water partition coefficient (Wildman–Crippen LogP) is 1.52. The van der Waals surface area contributed by atoms with Crippen LogP contribution >= 0.6 is 0 Å². The third-order valence-corrected chi connectivity index (χ3v) is 2.46.